The summed E-state index contributed by atoms with van der Waals surface area (Å²) in [6.07, 6.45) is 6.88. The van der Waals surface area contributed by atoms with E-state index in [1.54, 1.807) is 0 Å². The fourth-order valence-corrected chi connectivity index (χ4v) is 7.91. The number of rotatable bonds is 5. The summed E-state index contributed by atoms with van der Waals surface area (Å²) >= 11 is 0. The number of hydrogen-bond acceptors (Lipinski definition) is 1. The van der Waals surface area contributed by atoms with E-state index in [9.17, 15) is 0 Å². The standard InChI is InChI=1S/C48H40N2/c1-48(2,3)35-25-31-38(32-26-35)49(36-13-5-4-6-14-36)37-27-21-33(22-28-37)34-23-29-39(30-24-34)50-45-20-12-11-19-44(45)46-42-17-9-7-15-40(42)41-16-8-10-18-43(41)47(46)50/h4-6,8-14,16-32H,7,15H2,1-3H3. The van der Waals surface area contributed by atoms with Gasteiger partial charge in [-0.15, -0.1) is 0 Å². The molecule has 0 amide bonds. The lowest BCUT2D eigenvalue weighted by molar-refractivity contribution is 0.590. The van der Waals surface area contributed by atoms with Crippen LogP contribution in [0, 0.1) is 0 Å². The first-order valence-corrected chi connectivity index (χ1v) is 17.8. The Bertz CT molecular complexity index is 2530. The molecule has 1 aliphatic rings. The van der Waals surface area contributed by atoms with E-state index in [0.717, 1.165) is 29.9 Å². The summed E-state index contributed by atoms with van der Waals surface area (Å²) in [5.41, 5.74) is 13.8. The molecule has 2 heteroatoms. The zero-order chi connectivity index (χ0) is 33.8. The quantitative estimate of drug-likeness (QED) is 0.181. The van der Waals surface area contributed by atoms with E-state index in [1.807, 2.05) is 0 Å². The number of para-hydroxylation sites is 2. The lowest BCUT2D eigenvalue weighted by atomic mass is 9.87. The van der Waals surface area contributed by atoms with Crippen LogP contribution in [0.2, 0.25) is 0 Å². The van der Waals surface area contributed by atoms with Gasteiger partial charge in [-0.05, 0) is 106 Å². The van der Waals surface area contributed by atoms with Gasteiger partial charge in [0.2, 0.25) is 0 Å². The third-order valence-corrected chi connectivity index (χ3v) is 10.4. The summed E-state index contributed by atoms with van der Waals surface area (Å²) in [6.45, 7) is 6.78. The fourth-order valence-electron chi connectivity index (χ4n) is 7.91. The Morgan fingerprint density at radius 3 is 1.78 bits per heavy atom. The number of aryl methyl sites for hydroxylation is 1. The van der Waals surface area contributed by atoms with Crippen molar-refractivity contribution in [1.29, 1.82) is 0 Å². The maximum absolute atomic E-state index is 2.48. The van der Waals surface area contributed by atoms with Crippen LogP contribution >= 0.6 is 0 Å². The molecule has 1 aromatic heterocycles. The lowest BCUT2D eigenvalue weighted by Gasteiger charge is -2.27. The van der Waals surface area contributed by atoms with Gasteiger partial charge in [-0.3, -0.25) is 0 Å². The molecule has 0 saturated heterocycles. The van der Waals surface area contributed by atoms with Crippen LogP contribution in [-0.2, 0) is 11.8 Å². The average molecular weight is 645 g/mol. The number of anilines is 3. The topological polar surface area (TPSA) is 8.17 Å². The molecule has 0 unspecified atom stereocenters. The van der Waals surface area contributed by atoms with E-state index in [-0.39, 0.29) is 5.41 Å². The molecule has 0 atom stereocenters. The SMILES string of the molecule is CC(C)(C)c1ccc(N(c2ccccc2)c2ccc(-c3ccc(-n4c5ccccc5c5c6c(c7ccccc7c54)CCC=C6)cc3)cc2)cc1. The second kappa shape index (κ2) is 11.9. The Hall–Kier alpha value is -5.86. The first-order valence-electron chi connectivity index (χ1n) is 17.8. The van der Waals surface area contributed by atoms with Gasteiger partial charge in [0, 0.05) is 38.9 Å². The van der Waals surface area contributed by atoms with Gasteiger partial charge in [-0.25, -0.2) is 0 Å². The Balaban J connectivity index is 1.11. The number of allylic oxidation sites excluding steroid dienone is 1. The minimum absolute atomic E-state index is 0.111. The van der Waals surface area contributed by atoms with E-state index >= 15 is 0 Å². The summed E-state index contributed by atoms with van der Waals surface area (Å²) < 4.78 is 2.48. The van der Waals surface area contributed by atoms with Gasteiger partial charge in [0.25, 0.3) is 0 Å². The van der Waals surface area contributed by atoms with Gasteiger partial charge in [-0.2, -0.15) is 0 Å². The molecule has 0 saturated carbocycles. The Morgan fingerprint density at radius 2 is 1.10 bits per heavy atom. The van der Waals surface area contributed by atoms with Crippen molar-refractivity contribution in [3.8, 4) is 16.8 Å². The van der Waals surface area contributed by atoms with Crippen LogP contribution in [0.4, 0.5) is 17.1 Å². The summed E-state index contributed by atoms with van der Waals surface area (Å²) in [5.74, 6) is 0. The molecule has 0 bridgehead atoms. The molecule has 9 rings (SSSR count). The second-order valence-electron chi connectivity index (χ2n) is 14.5. The van der Waals surface area contributed by atoms with Crippen molar-refractivity contribution in [3.05, 3.63) is 174 Å². The third-order valence-electron chi connectivity index (χ3n) is 10.4. The summed E-state index contributed by atoms with van der Waals surface area (Å²) in [5, 5.41) is 5.37. The lowest BCUT2D eigenvalue weighted by Crippen LogP contribution is -2.13. The van der Waals surface area contributed by atoms with E-state index in [4.69, 9.17) is 0 Å². The number of fused-ring (bicyclic) bond motifs is 8. The minimum Gasteiger partial charge on any atom is -0.311 e. The van der Waals surface area contributed by atoms with E-state index < -0.39 is 0 Å². The minimum atomic E-state index is 0.111. The van der Waals surface area contributed by atoms with Gasteiger partial charge in [-0.1, -0.05) is 130 Å². The van der Waals surface area contributed by atoms with Gasteiger partial charge in [0.05, 0.1) is 11.0 Å². The van der Waals surface area contributed by atoms with Crippen LogP contribution in [-0.4, -0.2) is 4.57 Å². The van der Waals surface area contributed by atoms with Crippen LogP contribution in [0.15, 0.2) is 158 Å². The van der Waals surface area contributed by atoms with E-state index in [2.05, 4.69) is 194 Å². The molecule has 50 heavy (non-hydrogen) atoms. The third kappa shape index (κ3) is 5.02. The predicted octanol–water partition coefficient (Wildman–Crippen LogP) is 13.3. The molecule has 8 aromatic rings. The number of aromatic nitrogens is 1. The molecule has 0 aliphatic heterocycles. The normalized spacial score (nSPS) is 12.9. The molecule has 1 aliphatic carbocycles. The van der Waals surface area contributed by atoms with Crippen LogP contribution in [0.3, 0.4) is 0 Å². The van der Waals surface area contributed by atoms with Crippen molar-refractivity contribution in [1.82, 2.24) is 4.57 Å². The van der Waals surface area contributed by atoms with Crippen molar-refractivity contribution in [2.24, 2.45) is 0 Å². The first-order chi connectivity index (χ1) is 24.5. The molecule has 242 valence electrons. The Labute approximate surface area is 294 Å². The van der Waals surface area contributed by atoms with E-state index in [1.165, 1.54) is 66.1 Å². The highest BCUT2D eigenvalue weighted by Gasteiger charge is 2.22. The predicted molar refractivity (Wildman–Crippen MR) is 214 cm³/mol. The molecule has 0 radical (unpaired) electrons. The van der Waals surface area contributed by atoms with Gasteiger partial charge < -0.3 is 9.47 Å². The summed E-state index contributed by atoms with van der Waals surface area (Å²) in [7, 11) is 0. The summed E-state index contributed by atoms with van der Waals surface area (Å²) in [4.78, 5) is 2.33. The summed E-state index contributed by atoms with van der Waals surface area (Å²) in [6, 6.07) is 55.6. The highest BCUT2D eigenvalue weighted by Crippen LogP contribution is 2.43. The van der Waals surface area contributed by atoms with Crippen LogP contribution in [0.5, 0.6) is 0 Å². The molecular formula is C48H40N2. The van der Waals surface area contributed by atoms with Crippen LogP contribution in [0.1, 0.15) is 43.9 Å². The van der Waals surface area contributed by atoms with Crippen molar-refractivity contribution in [2.45, 2.75) is 39.0 Å². The molecule has 7 aromatic carbocycles. The van der Waals surface area contributed by atoms with Gasteiger partial charge >= 0.3 is 0 Å². The Morgan fingerprint density at radius 1 is 0.540 bits per heavy atom. The van der Waals surface area contributed by atoms with Crippen molar-refractivity contribution < 1.29 is 0 Å². The number of hydrogen-bond donors (Lipinski definition) is 0. The molecule has 2 nitrogen and oxygen atoms in total. The maximum atomic E-state index is 2.48. The Kier molecular flexibility index (Phi) is 7.21. The average Bonchev–Trinajstić information content (AvgIpc) is 3.52. The van der Waals surface area contributed by atoms with E-state index in [0.29, 0.717) is 0 Å². The molecule has 0 spiro atoms. The molecule has 1 heterocycles. The molecule has 0 fully saturated rings. The van der Waals surface area contributed by atoms with Crippen LogP contribution < -0.4 is 4.90 Å². The number of benzene rings is 7. The van der Waals surface area contributed by atoms with Gasteiger partial charge in [0.1, 0.15) is 0 Å². The smallest absolute Gasteiger partial charge is 0.0625 e. The van der Waals surface area contributed by atoms with Crippen molar-refractivity contribution in [2.75, 3.05) is 4.90 Å². The maximum Gasteiger partial charge on any atom is 0.0625 e. The molecular weight excluding hydrogens is 605 g/mol. The zero-order valence-corrected chi connectivity index (χ0v) is 28.9. The van der Waals surface area contributed by atoms with Crippen molar-refractivity contribution >= 4 is 55.7 Å². The number of nitrogens with zero attached hydrogens (tertiary/aromatic N) is 2. The second-order valence-corrected chi connectivity index (χ2v) is 14.5. The van der Waals surface area contributed by atoms with Gasteiger partial charge in [0.15, 0.2) is 0 Å². The fraction of sp³-hybridized carbons (Fsp3) is 0.125. The molecule has 0 N–H and O–H groups in total. The van der Waals surface area contributed by atoms with Crippen LogP contribution in [0.25, 0.3) is 55.5 Å². The monoisotopic (exact) mass is 644 g/mol. The highest BCUT2D eigenvalue weighted by atomic mass is 15.1. The zero-order valence-electron chi connectivity index (χ0n) is 28.9. The van der Waals surface area contributed by atoms with Crippen molar-refractivity contribution in [3.63, 3.8) is 0 Å². The first kappa shape index (κ1) is 30.2. The highest BCUT2D eigenvalue weighted by molar-refractivity contribution is 6.22. The largest absolute Gasteiger partial charge is 0.311 e.